The maximum absolute atomic E-state index is 6.85. The number of benzene rings is 1. The zero-order valence-electron chi connectivity index (χ0n) is 24.8. The summed E-state index contributed by atoms with van der Waals surface area (Å²) < 4.78 is 23.9. The summed E-state index contributed by atoms with van der Waals surface area (Å²) in [6.07, 6.45) is 8.11. The average Bonchev–Trinajstić information content (AvgIpc) is 3.80. The lowest BCUT2D eigenvalue weighted by molar-refractivity contribution is 0.0143. The van der Waals surface area contributed by atoms with Gasteiger partial charge in [-0.3, -0.25) is 9.67 Å². The lowest BCUT2D eigenvalue weighted by Crippen LogP contribution is -2.30. The first-order valence-corrected chi connectivity index (χ1v) is 14.7. The van der Waals surface area contributed by atoms with E-state index in [1.54, 1.807) is 35.5 Å². The molecule has 12 nitrogen and oxygen atoms in total. The van der Waals surface area contributed by atoms with Crippen LogP contribution in [0.15, 0.2) is 67.4 Å². The predicted molar refractivity (Wildman–Crippen MR) is 166 cm³/mol. The minimum atomic E-state index is -0.184. The third kappa shape index (κ3) is 5.25. The summed E-state index contributed by atoms with van der Waals surface area (Å²) in [5, 5.41) is 13.0. The molecule has 0 bridgehead atoms. The van der Waals surface area contributed by atoms with E-state index in [0.29, 0.717) is 64.8 Å². The summed E-state index contributed by atoms with van der Waals surface area (Å²) in [7, 11) is 1.87. The number of anilines is 2. The van der Waals surface area contributed by atoms with E-state index in [4.69, 9.17) is 35.9 Å². The maximum atomic E-state index is 6.85. The van der Waals surface area contributed by atoms with Crippen molar-refractivity contribution in [2.75, 3.05) is 18.5 Å². The quantitative estimate of drug-likeness (QED) is 0.225. The third-order valence-corrected chi connectivity index (χ3v) is 8.04. The standard InChI is InChI=1S/C31H32ClN9O3/c1-31(2,3)25-12-26(38-41(25)21-17-42-18-24(21)43-16-19-8-6-5-7-9-19)36-30-37-29-28(39(30)4)27(32)23(14-34-29)44-22-15-35-40-11-10-33-13-20(22)40/h5-15,21,24H,16-18H2,1-4H3,(H,34,36,37,38). The van der Waals surface area contributed by atoms with Crippen molar-refractivity contribution >= 4 is 40.0 Å². The van der Waals surface area contributed by atoms with Gasteiger partial charge in [-0.25, -0.2) is 9.50 Å². The number of halogens is 1. The monoisotopic (exact) mass is 613 g/mol. The van der Waals surface area contributed by atoms with Gasteiger partial charge >= 0.3 is 0 Å². The molecular formula is C31H32ClN9O3. The van der Waals surface area contributed by atoms with Crippen molar-refractivity contribution in [3.05, 3.63) is 83.7 Å². The van der Waals surface area contributed by atoms with Crippen molar-refractivity contribution in [1.29, 1.82) is 0 Å². The molecule has 2 atom stereocenters. The van der Waals surface area contributed by atoms with Gasteiger partial charge < -0.3 is 24.1 Å². The summed E-state index contributed by atoms with van der Waals surface area (Å²) in [4.78, 5) is 13.4. The zero-order chi connectivity index (χ0) is 30.4. The van der Waals surface area contributed by atoms with Crippen LogP contribution in [-0.4, -0.2) is 58.2 Å². The summed E-state index contributed by atoms with van der Waals surface area (Å²) in [6.45, 7) is 8.03. The van der Waals surface area contributed by atoms with Crippen LogP contribution in [0, 0.1) is 0 Å². The number of hydrogen-bond donors (Lipinski definition) is 1. The van der Waals surface area contributed by atoms with Crippen molar-refractivity contribution in [3.8, 4) is 11.5 Å². The minimum Gasteiger partial charge on any atom is -0.450 e. The van der Waals surface area contributed by atoms with Crippen LogP contribution in [0.25, 0.3) is 16.7 Å². The number of pyridine rings is 1. The van der Waals surface area contributed by atoms with Crippen molar-refractivity contribution < 1.29 is 14.2 Å². The van der Waals surface area contributed by atoms with E-state index in [0.717, 1.165) is 11.3 Å². The largest absolute Gasteiger partial charge is 0.450 e. The highest BCUT2D eigenvalue weighted by Gasteiger charge is 2.35. The van der Waals surface area contributed by atoms with Crippen molar-refractivity contribution in [1.82, 2.24) is 38.9 Å². The predicted octanol–water partition coefficient (Wildman–Crippen LogP) is 5.85. The highest BCUT2D eigenvalue weighted by molar-refractivity contribution is 6.36. The fraction of sp³-hybridized carbons (Fsp3) is 0.323. The molecule has 0 radical (unpaired) electrons. The summed E-state index contributed by atoms with van der Waals surface area (Å²) >= 11 is 6.85. The van der Waals surface area contributed by atoms with Crippen molar-refractivity contribution in [3.63, 3.8) is 0 Å². The number of ether oxygens (including phenoxy) is 3. The molecule has 0 amide bonds. The molecule has 0 spiro atoms. The van der Waals surface area contributed by atoms with Crippen LogP contribution in [0.5, 0.6) is 11.5 Å². The molecular weight excluding hydrogens is 582 g/mol. The van der Waals surface area contributed by atoms with E-state index < -0.39 is 0 Å². The van der Waals surface area contributed by atoms with Gasteiger partial charge in [-0.2, -0.15) is 15.2 Å². The average molecular weight is 614 g/mol. The number of hydrogen-bond acceptors (Lipinski definition) is 9. The lowest BCUT2D eigenvalue weighted by Gasteiger charge is -2.26. The van der Waals surface area contributed by atoms with Gasteiger partial charge in [-0.1, -0.05) is 62.7 Å². The van der Waals surface area contributed by atoms with Gasteiger partial charge in [0.15, 0.2) is 23.0 Å². The van der Waals surface area contributed by atoms with Crippen LogP contribution in [0.2, 0.25) is 5.02 Å². The minimum absolute atomic E-state index is 0.0742. The second kappa shape index (κ2) is 11.2. The van der Waals surface area contributed by atoms with E-state index in [1.165, 1.54) is 0 Å². The van der Waals surface area contributed by atoms with E-state index in [-0.39, 0.29) is 17.6 Å². The molecule has 226 valence electrons. The molecule has 1 aliphatic rings. The summed E-state index contributed by atoms with van der Waals surface area (Å²) in [5.41, 5.74) is 3.80. The number of aryl methyl sites for hydroxylation is 1. The van der Waals surface area contributed by atoms with Gasteiger partial charge in [-0.15, -0.1) is 0 Å². The molecule has 6 heterocycles. The Morgan fingerprint density at radius 2 is 1.93 bits per heavy atom. The van der Waals surface area contributed by atoms with Gasteiger partial charge in [0.2, 0.25) is 5.95 Å². The molecule has 5 aromatic heterocycles. The Balaban J connectivity index is 1.16. The summed E-state index contributed by atoms with van der Waals surface area (Å²) in [5.74, 6) is 2.09. The highest BCUT2D eigenvalue weighted by Crippen LogP contribution is 2.37. The van der Waals surface area contributed by atoms with E-state index in [9.17, 15) is 0 Å². The molecule has 0 aliphatic carbocycles. The van der Waals surface area contributed by atoms with E-state index >= 15 is 0 Å². The molecule has 1 fully saturated rings. The summed E-state index contributed by atoms with van der Waals surface area (Å²) in [6, 6.07) is 12.1. The molecule has 1 aromatic carbocycles. The molecule has 44 heavy (non-hydrogen) atoms. The highest BCUT2D eigenvalue weighted by atomic mass is 35.5. The first kappa shape index (κ1) is 28.3. The lowest BCUT2D eigenvalue weighted by atomic mass is 9.91. The molecule has 1 saturated heterocycles. The second-order valence-electron chi connectivity index (χ2n) is 11.8. The van der Waals surface area contributed by atoms with Crippen LogP contribution >= 0.6 is 11.6 Å². The van der Waals surface area contributed by atoms with Crippen molar-refractivity contribution in [2.45, 2.75) is 44.9 Å². The van der Waals surface area contributed by atoms with Crippen LogP contribution in [0.4, 0.5) is 11.8 Å². The van der Waals surface area contributed by atoms with Crippen LogP contribution in [-0.2, 0) is 28.5 Å². The van der Waals surface area contributed by atoms with Crippen LogP contribution in [0.1, 0.15) is 38.1 Å². The Bertz CT molecular complexity index is 1940. The third-order valence-electron chi connectivity index (χ3n) is 7.68. The van der Waals surface area contributed by atoms with Gasteiger partial charge in [0.1, 0.15) is 28.2 Å². The number of nitrogens with one attached hydrogen (secondary N) is 1. The Kier molecular flexibility index (Phi) is 7.19. The molecule has 13 heteroatoms. The number of aromatic nitrogens is 8. The molecule has 7 rings (SSSR count). The van der Waals surface area contributed by atoms with Gasteiger partial charge in [0, 0.05) is 36.6 Å². The number of rotatable bonds is 8. The SMILES string of the molecule is Cn1c(Nc2cc(C(C)(C)C)n(C3COCC3OCc3ccccc3)n2)nc2ncc(Oc3cnn4ccncc34)c(Cl)c21. The number of fused-ring (bicyclic) bond motifs is 2. The molecule has 2 unspecified atom stereocenters. The molecule has 1 aliphatic heterocycles. The molecule has 6 aromatic rings. The van der Waals surface area contributed by atoms with Crippen LogP contribution < -0.4 is 10.1 Å². The van der Waals surface area contributed by atoms with Crippen LogP contribution in [0.3, 0.4) is 0 Å². The fourth-order valence-electron chi connectivity index (χ4n) is 5.38. The van der Waals surface area contributed by atoms with Crippen molar-refractivity contribution in [2.24, 2.45) is 7.05 Å². The Hall–Kier alpha value is -4.52. The number of imidazole rings is 1. The fourth-order valence-corrected chi connectivity index (χ4v) is 5.68. The van der Waals surface area contributed by atoms with Gasteiger partial charge in [-0.05, 0) is 5.56 Å². The Labute approximate surface area is 258 Å². The first-order chi connectivity index (χ1) is 21.3. The Morgan fingerprint density at radius 1 is 1.09 bits per heavy atom. The van der Waals surface area contributed by atoms with E-state index in [1.807, 2.05) is 34.5 Å². The maximum Gasteiger partial charge on any atom is 0.210 e. The normalized spacial score (nSPS) is 17.1. The first-order valence-electron chi connectivity index (χ1n) is 14.3. The Morgan fingerprint density at radius 3 is 2.75 bits per heavy atom. The van der Waals surface area contributed by atoms with Gasteiger partial charge in [0.25, 0.3) is 0 Å². The van der Waals surface area contributed by atoms with E-state index in [2.05, 4.69) is 59.4 Å². The molecule has 1 N–H and O–H groups in total. The zero-order valence-corrected chi connectivity index (χ0v) is 25.6. The topological polar surface area (TPSA) is 118 Å². The molecule has 0 saturated carbocycles. The number of nitrogens with zero attached hydrogens (tertiary/aromatic N) is 8. The smallest absolute Gasteiger partial charge is 0.210 e. The van der Waals surface area contributed by atoms with Gasteiger partial charge in [0.05, 0.1) is 38.4 Å². The second-order valence-corrected chi connectivity index (χ2v) is 12.2.